The minimum Gasteiger partial charge on any atom is -0.367 e. The first-order valence-electron chi connectivity index (χ1n) is 12.6. The average Bonchev–Trinajstić information content (AvgIpc) is 3.61. The van der Waals surface area contributed by atoms with Crippen LogP contribution in [-0.2, 0) is 14.3 Å². The Morgan fingerprint density at radius 3 is 2.62 bits per heavy atom. The van der Waals surface area contributed by atoms with Gasteiger partial charge in [-0.05, 0) is 56.5 Å². The summed E-state index contributed by atoms with van der Waals surface area (Å²) >= 11 is 0. The number of H-pyrrole nitrogens is 1. The monoisotopic (exact) mass is 488 g/mol. The number of aromatic nitrogens is 2. The number of anilines is 1. The third-order valence-electron chi connectivity index (χ3n) is 8.42. The van der Waals surface area contributed by atoms with Gasteiger partial charge in [-0.2, -0.15) is 5.26 Å². The van der Waals surface area contributed by atoms with Crippen LogP contribution in [0.3, 0.4) is 0 Å². The van der Waals surface area contributed by atoms with Gasteiger partial charge in [-0.25, -0.2) is 9.88 Å². The largest absolute Gasteiger partial charge is 0.367 e. The van der Waals surface area contributed by atoms with Crippen LogP contribution in [0.1, 0.15) is 37.6 Å². The van der Waals surface area contributed by atoms with Crippen molar-refractivity contribution in [3.05, 3.63) is 78.1 Å². The Hall–Kier alpha value is -4.28. The first-order chi connectivity index (χ1) is 17.9. The van der Waals surface area contributed by atoms with E-state index in [9.17, 15) is 14.9 Å². The standard InChI is InChI=1S/C30H24N4O3/c1-29-15-16-30(37-29,14-6-11-24-32-21-9-4-5-10-22(21)33-24)26-25(29)27(35)34(28(26)36)23-13-12-18(17-31)19-7-2-3-8-20(19)23/h2-13,25-26H,14-16H2,1H3,(H,32,33)/b11-6+. The number of nitrogens with one attached hydrogen (secondary N) is 1. The summed E-state index contributed by atoms with van der Waals surface area (Å²) in [6, 6.07) is 20.9. The van der Waals surface area contributed by atoms with Crippen LogP contribution in [-0.4, -0.2) is 33.0 Å². The maximum Gasteiger partial charge on any atom is 0.240 e. The number of aromatic amines is 1. The third-order valence-corrected chi connectivity index (χ3v) is 8.42. The Labute approximate surface area is 213 Å². The van der Waals surface area contributed by atoms with Gasteiger partial charge in [-0.3, -0.25) is 9.59 Å². The van der Waals surface area contributed by atoms with Crippen molar-refractivity contribution in [1.29, 1.82) is 5.26 Å². The van der Waals surface area contributed by atoms with Crippen LogP contribution in [0.5, 0.6) is 0 Å². The van der Waals surface area contributed by atoms with Gasteiger partial charge in [0.25, 0.3) is 0 Å². The van der Waals surface area contributed by atoms with Crippen LogP contribution in [0, 0.1) is 23.2 Å². The molecule has 1 aromatic heterocycles. The van der Waals surface area contributed by atoms with Crippen LogP contribution in [0.25, 0.3) is 27.9 Å². The molecule has 4 atom stereocenters. The van der Waals surface area contributed by atoms with Crippen molar-refractivity contribution in [2.45, 2.75) is 37.4 Å². The molecule has 182 valence electrons. The average molecular weight is 489 g/mol. The molecule has 3 aliphatic heterocycles. The Morgan fingerprint density at radius 2 is 1.81 bits per heavy atom. The van der Waals surface area contributed by atoms with E-state index in [1.807, 2.05) is 67.6 Å². The molecule has 3 fully saturated rings. The summed E-state index contributed by atoms with van der Waals surface area (Å²) in [6.45, 7) is 1.97. The Morgan fingerprint density at radius 1 is 1.05 bits per heavy atom. The summed E-state index contributed by atoms with van der Waals surface area (Å²) in [5.74, 6) is -0.760. The molecule has 7 heteroatoms. The van der Waals surface area contributed by atoms with Gasteiger partial charge in [-0.15, -0.1) is 0 Å². The summed E-state index contributed by atoms with van der Waals surface area (Å²) in [5.41, 5.74) is 1.50. The number of rotatable bonds is 4. The summed E-state index contributed by atoms with van der Waals surface area (Å²) in [6.07, 6.45) is 5.89. The van der Waals surface area contributed by atoms with E-state index >= 15 is 0 Å². The SMILES string of the molecule is CC12CCC(C/C=C/c3nc4ccccc4[nH]3)(O1)C1C(=O)N(c3ccc(C#N)c4ccccc34)C(=O)C12. The summed E-state index contributed by atoms with van der Waals surface area (Å²) in [7, 11) is 0. The van der Waals surface area contributed by atoms with Gasteiger partial charge in [0.15, 0.2) is 0 Å². The Balaban J connectivity index is 1.25. The number of para-hydroxylation sites is 2. The number of carbonyl (C=O) groups is 2. The van der Waals surface area contributed by atoms with Gasteiger partial charge in [-0.1, -0.05) is 42.5 Å². The van der Waals surface area contributed by atoms with E-state index < -0.39 is 23.0 Å². The molecule has 7 nitrogen and oxygen atoms in total. The second-order valence-electron chi connectivity index (χ2n) is 10.5. The van der Waals surface area contributed by atoms with Crippen LogP contribution in [0.4, 0.5) is 5.69 Å². The lowest BCUT2D eigenvalue weighted by atomic mass is 9.67. The molecule has 3 saturated heterocycles. The maximum absolute atomic E-state index is 14.0. The molecule has 4 heterocycles. The summed E-state index contributed by atoms with van der Waals surface area (Å²) in [5, 5.41) is 11.0. The zero-order valence-electron chi connectivity index (χ0n) is 20.3. The van der Waals surface area contributed by atoms with Gasteiger partial charge in [0.1, 0.15) is 5.82 Å². The quantitative estimate of drug-likeness (QED) is 0.402. The number of imidazole rings is 1. The molecule has 2 amide bonds. The van der Waals surface area contributed by atoms with Crippen LogP contribution >= 0.6 is 0 Å². The van der Waals surface area contributed by atoms with Crippen molar-refractivity contribution in [1.82, 2.24) is 9.97 Å². The first kappa shape index (κ1) is 22.0. The fraction of sp³-hybridized carbons (Fsp3) is 0.267. The maximum atomic E-state index is 14.0. The lowest BCUT2D eigenvalue weighted by Gasteiger charge is -2.30. The second-order valence-corrected chi connectivity index (χ2v) is 10.5. The molecule has 7 rings (SSSR count). The van der Waals surface area contributed by atoms with E-state index in [4.69, 9.17) is 4.74 Å². The van der Waals surface area contributed by atoms with E-state index in [1.165, 1.54) is 4.90 Å². The summed E-state index contributed by atoms with van der Waals surface area (Å²) in [4.78, 5) is 37.1. The van der Waals surface area contributed by atoms with Crippen molar-refractivity contribution in [2.24, 2.45) is 11.8 Å². The molecule has 1 N–H and O–H groups in total. The van der Waals surface area contributed by atoms with Crippen molar-refractivity contribution in [3.63, 3.8) is 0 Å². The molecule has 37 heavy (non-hydrogen) atoms. The van der Waals surface area contributed by atoms with Gasteiger partial charge in [0.2, 0.25) is 11.8 Å². The third kappa shape index (κ3) is 3.00. The van der Waals surface area contributed by atoms with Crippen LogP contribution in [0.15, 0.2) is 66.7 Å². The fourth-order valence-electron chi connectivity index (χ4n) is 6.78. The van der Waals surface area contributed by atoms with Gasteiger partial charge in [0, 0.05) is 10.8 Å². The number of imide groups is 1. The molecular weight excluding hydrogens is 464 g/mol. The molecule has 2 bridgehead atoms. The molecule has 0 radical (unpaired) electrons. The topological polar surface area (TPSA) is 99.1 Å². The van der Waals surface area contributed by atoms with Gasteiger partial charge < -0.3 is 9.72 Å². The number of ether oxygens (including phenoxy) is 1. The molecule has 0 spiro atoms. The van der Waals surface area contributed by atoms with Crippen LogP contribution in [0.2, 0.25) is 0 Å². The highest BCUT2D eigenvalue weighted by molar-refractivity contribution is 6.26. The smallest absolute Gasteiger partial charge is 0.240 e. The van der Waals surface area contributed by atoms with E-state index in [0.717, 1.165) is 40.5 Å². The highest BCUT2D eigenvalue weighted by Crippen LogP contribution is 2.62. The van der Waals surface area contributed by atoms with Crippen molar-refractivity contribution in [3.8, 4) is 6.07 Å². The normalized spacial score (nSPS) is 28.6. The number of nitriles is 1. The zero-order valence-corrected chi connectivity index (χ0v) is 20.3. The van der Waals surface area contributed by atoms with Gasteiger partial charge in [0.05, 0.1) is 51.4 Å². The molecule has 0 aliphatic carbocycles. The lowest BCUT2D eigenvalue weighted by Crippen LogP contribution is -2.41. The number of hydrogen-bond acceptors (Lipinski definition) is 5. The number of hydrogen-bond donors (Lipinski definition) is 1. The second kappa shape index (κ2) is 7.61. The Bertz CT molecular complexity index is 1670. The number of benzene rings is 3. The van der Waals surface area contributed by atoms with Crippen molar-refractivity contribution in [2.75, 3.05) is 4.90 Å². The number of nitrogens with zero attached hydrogens (tertiary/aromatic N) is 3. The van der Waals surface area contributed by atoms with E-state index in [1.54, 1.807) is 12.1 Å². The molecule has 0 saturated carbocycles. The number of carbonyl (C=O) groups excluding carboxylic acids is 2. The van der Waals surface area contributed by atoms with Crippen LogP contribution < -0.4 is 4.90 Å². The molecular formula is C30H24N4O3. The molecule has 3 aromatic carbocycles. The molecule has 4 aromatic rings. The summed E-state index contributed by atoms with van der Waals surface area (Å²) < 4.78 is 6.57. The predicted octanol–water partition coefficient (Wildman–Crippen LogP) is 5.12. The molecule has 3 aliphatic rings. The lowest BCUT2D eigenvalue weighted by molar-refractivity contribution is -0.130. The highest BCUT2D eigenvalue weighted by Gasteiger charge is 2.73. The number of amides is 2. The zero-order chi connectivity index (χ0) is 25.4. The van der Waals surface area contributed by atoms with E-state index in [2.05, 4.69) is 16.0 Å². The van der Waals surface area contributed by atoms with E-state index in [0.29, 0.717) is 17.7 Å². The first-order valence-corrected chi connectivity index (χ1v) is 12.6. The fourth-order valence-corrected chi connectivity index (χ4v) is 6.78. The predicted molar refractivity (Wildman–Crippen MR) is 139 cm³/mol. The minimum atomic E-state index is -0.730. The Kier molecular flexibility index (Phi) is 4.52. The highest BCUT2D eigenvalue weighted by atomic mass is 16.5. The van der Waals surface area contributed by atoms with E-state index in [-0.39, 0.29) is 11.8 Å². The van der Waals surface area contributed by atoms with Gasteiger partial charge >= 0.3 is 0 Å². The molecule has 4 unspecified atom stereocenters. The number of fused-ring (bicyclic) bond motifs is 7. The van der Waals surface area contributed by atoms with Crippen molar-refractivity contribution < 1.29 is 14.3 Å². The van der Waals surface area contributed by atoms with Crippen molar-refractivity contribution >= 4 is 45.4 Å². The minimum absolute atomic E-state index is 0.213.